The summed E-state index contributed by atoms with van der Waals surface area (Å²) in [6.45, 7) is 4.61. The molecule has 1 saturated heterocycles. The third kappa shape index (κ3) is 3.28. The van der Waals surface area contributed by atoms with Gasteiger partial charge in [-0.3, -0.25) is 0 Å². The van der Waals surface area contributed by atoms with E-state index >= 15 is 0 Å². The fraction of sp³-hybridized carbons (Fsp3) is 0.294. The second kappa shape index (κ2) is 6.80. The van der Waals surface area contributed by atoms with Gasteiger partial charge in [-0.25, -0.2) is 4.79 Å². The van der Waals surface area contributed by atoms with Crippen LogP contribution >= 0.6 is 11.6 Å². The number of urea groups is 1. The van der Waals surface area contributed by atoms with Crippen LogP contribution in [0.25, 0.3) is 5.65 Å². The van der Waals surface area contributed by atoms with Gasteiger partial charge in [-0.05, 0) is 31.2 Å². The first-order valence-corrected chi connectivity index (χ1v) is 8.72. The second-order valence-corrected chi connectivity index (χ2v) is 6.58. The van der Waals surface area contributed by atoms with Crippen molar-refractivity contribution >= 4 is 34.7 Å². The summed E-state index contributed by atoms with van der Waals surface area (Å²) in [7, 11) is 0. The second-order valence-electron chi connectivity index (χ2n) is 6.14. The molecular weight excluding hydrogens is 354 g/mol. The summed E-state index contributed by atoms with van der Waals surface area (Å²) in [6, 6.07) is 8.95. The quantitative estimate of drug-likeness (QED) is 0.748. The lowest BCUT2D eigenvalue weighted by atomic mass is 10.3. The number of nitrogens with one attached hydrogen (secondary N) is 1. The predicted molar refractivity (Wildman–Crippen MR) is 99.8 cm³/mol. The Morgan fingerprint density at radius 1 is 1.12 bits per heavy atom. The molecular formula is C17H18ClN7O. The first-order chi connectivity index (χ1) is 12.6. The zero-order valence-corrected chi connectivity index (χ0v) is 15.0. The number of carbonyl (C=O) groups excluding carboxylic acids is 1. The van der Waals surface area contributed by atoms with E-state index in [1.165, 1.54) is 0 Å². The highest BCUT2D eigenvalue weighted by atomic mass is 35.5. The van der Waals surface area contributed by atoms with Gasteiger partial charge in [0.1, 0.15) is 0 Å². The Kier molecular flexibility index (Phi) is 4.34. The molecule has 1 fully saturated rings. The number of aromatic nitrogens is 4. The minimum absolute atomic E-state index is 0.103. The smallest absolute Gasteiger partial charge is 0.321 e. The van der Waals surface area contributed by atoms with Crippen molar-refractivity contribution in [1.29, 1.82) is 0 Å². The van der Waals surface area contributed by atoms with Crippen LogP contribution in [0.15, 0.2) is 36.5 Å². The highest BCUT2D eigenvalue weighted by Gasteiger charge is 2.22. The van der Waals surface area contributed by atoms with Crippen LogP contribution in [0.4, 0.5) is 16.2 Å². The molecule has 0 radical (unpaired) electrons. The number of amides is 2. The van der Waals surface area contributed by atoms with Gasteiger partial charge in [0, 0.05) is 43.0 Å². The zero-order chi connectivity index (χ0) is 18.1. The third-order valence-electron chi connectivity index (χ3n) is 4.43. The molecule has 1 aliphatic rings. The van der Waals surface area contributed by atoms with Crippen LogP contribution in [-0.4, -0.2) is 56.9 Å². The van der Waals surface area contributed by atoms with E-state index in [0.29, 0.717) is 18.1 Å². The first kappa shape index (κ1) is 16.6. The number of hydrogen-bond acceptors (Lipinski definition) is 5. The largest absolute Gasteiger partial charge is 0.367 e. The minimum Gasteiger partial charge on any atom is -0.367 e. The topological polar surface area (TPSA) is 78.7 Å². The normalized spacial score (nSPS) is 14.7. The number of halogens is 1. The number of benzene rings is 1. The fourth-order valence-corrected chi connectivity index (χ4v) is 3.10. The van der Waals surface area contributed by atoms with Gasteiger partial charge in [-0.1, -0.05) is 11.6 Å². The Bertz CT molecular complexity index is 932. The van der Waals surface area contributed by atoms with Gasteiger partial charge in [-0.2, -0.15) is 9.61 Å². The van der Waals surface area contributed by atoms with Crippen LogP contribution in [0, 0.1) is 6.92 Å². The van der Waals surface area contributed by atoms with Crippen molar-refractivity contribution in [2.24, 2.45) is 0 Å². The van der Waals surface area contributed by atoms with E-state index in [1.807, 2.05) is 19.2 Å². The molecule has 0 atom stereocenters. The number of hydrogen-bond donors (Lipinski definition) is 1. The van der Waals surface area contributed by atoms with Gasteiger partial charge in [0.15, 0.2) is 11.5 Å². The molecule has 0 unspecified atom stereocenters. The summed E-state index contributed by atoms with van der Waals surface area (Å²) in [5.74, 6) is 0.759. The number of fused-ring (bicyclic) bond motifs is 1. The van der Waals surface area contributed by atoms with Crippen molar-refractivity contribution in [3.8, 4) is 0 Å². The fourth-order valence-electron chi connectivity index (χ4n) is 2.97. The lowest BCUT2D eigenvalue weighted by molar-refractivity contribution is 0.208. The standard InChI is InChI=1S/C17H18ClN7O/c1-12-21-22-16-10-15(11-19-25(12)16)23-6-8-24(9-7-23)17(26)20-14-4-2-13(18)3-5-14/h2-5,10-11H,6-9H2,1H3,(H,20,26). The van der Waals surface area contributed by atoms with E-state index in [9.17, 15) is 4.79 Å². The molecule has 2 amide bonds. The van der Waals surface area contributed by atoms with Crippen LogP contribution in [0.1, 0.15) is 5.82 Å². The number of aryl methyl sites for hydroxylation is 1. The monoisotopic (exact) mass is 371 g/mol. The SMILES string of the molecule is Cc1nnc2cc(N3CCN(C(=O)Nc4ccc(Cl)cc4)CC3)cnn12. The zero-order valence-electron chi connectivity index (χ0n) is 14.3. The predicted octanol–water partition coefficient (Wildman–Crippen LogP) is 2.44. The Hall–Kier alpha value is -2.87. The molecule has 3 aromatic rings. The average Bonchev–Trinajstić information content (AvgIpc) is 3.04. The summed E-state index contributed by atoms with van der Waals surface area (Å²) < 4.78 is 1.71. The maximum atomic E-state index is 12.4. The van der Waals surface area contributed by atoms with E-state index < -0.39 is 0 Å². The first-order valence-electron chi connectivity index (χ1n) is 8.35. The molecule has 9 heteroatoms. The number of carbonyl (C=O) groups is 1. The molecule has 2 aromatic heterocycles. The Balaban J connectivity index is 1.38. The van der Waals surface area contributed by atoms with Gasteiger partial charge >= 0.3 is 6.03 Å². The average molecular weight is 372 g/mol. The van der Waals surface area contributed by atoms with Gasteiger partial charge in [0.05, 0.1) is 11.9 Å². The van der Waals surface area contributed by atoms with Gasteiger partial charge in [0.2, 0.25) is 0 Å². The van der Waals surface area contributed by atoms with Gasteiger partial charge in [0.25, 0.3) is 0 Å². The Labute approximate surface area is 155 Å². The van der Waals surface area contributed by atoms with Crippen molar-refractivity contribution < 1.29 is 4.79 Å². The van der Waals surface area contributed by atoms with E-state index in [1.54, 1.807) is 33.7 Å². The summed E-state index contributed by atoms with van der Waals surface area (Å²) >= 11 is 5.87. The van der Waals surface area contributed by atoms with Crippen molar-refractivity contribution in [3.63, 3.8) is 0 Å². The lowest BCUT2D eigenvalue weighted by Crippen LogP contribution is -2.50. The molecule has 1 N–H and O–H groups in total. The summed E-state index contributed by atoms with van der Waals surface area (Å²) in [5, 5.41) is 16.1. The van der Waals surface area contributed by atoms with Gasteiger partial charge < -0.3 is 15.1 Å². The van der Waals surface area contributed by atoms with E-state index in [2.05, 4.69) is 25.5 Å². The highest BCUT2D eigenvalue weighted by Crippen LogP contribution is 2.18. The maximum absolute atomic E-state index is 12.4. The Morgan fingerprint density at radius 3 is 2.58 bits per heavy atom. The maximum Gasteiger partial charge on any atom is 0.321 e. The molecule has 3 heterocycles. The van der Waals surface area contributed by atoms with Crippen LogP contribution in [-0.2, 0) is 0 Å². The molecule has 8 nitrogen and oxygen atoms in total. The van der Waals surface area contributed by atoms with E-state index in [0.717, 1.165) is 35.9 Å². The molecule has 4 rings (SSSR count). The van der Waals surface area contributed by atoms with Crippen LogP contribution < -0.4 is 10.2 Å². The summed E-state index contributed by atoms with van der Waals surface area (Å²) in [4.78, 5) is 16.4. The number of nitrogens with zero attached hydrogens (tertiary/aromatic N) is 6. The molecule has 1 aromatic carbocycles. The number of anilines is 2. The van der Waals surface area contributed by atoms with Crippen LogP contribution in [0.2, 0.25) is 5.02 Å². The van der Waals surface area contributed by atoms with E-state index in [4.69, 9.17) is 11.6 Å². The van der Waals surface area contributed by atoms with Crippen LogP contribution in [0.3, 0.4) is 0 Å². The molecule has 0 spiro atoms. The molecule has 134 valence electrons. The Morgan fingerprint density at radius 2 is 1.85 bits per heavy atom. The summed E-state index contributed by atoms with van der Waals surface area (Å²) in [5.41, 5.74) is 2.45. The minimum atomic E-state index is -0.103. The number of piperazine rings is 1. The summed E-state index contributed by atoms with van der Waals surface area (Å²) in [6.07, 6.45) is 1.81. The lowest BCUT2D eigenvalue weighted by Gasteiger charge is -2.35. The third-order valence-corrected chi connectivity index (χ3v) is 4.68. The molecule has 0 bridgehead atoms. The highest BCUT2D eigenvalue weighted by molar-refractivity contribution is 6.30. The van der Waals surface area contributed by atoms with Gasteiger partial charge in [-0.15, -0.1) is 10.2 Å². The van der Waals surface area contributed by atoms with Crippen molar-refractivity contribution in [1.82, 2.24) is 24.7 Å². The van der Waals surface area contributed by atoms with Crippen molar-refractivity contribution in [3.05, 3.63) is 47.4 Å². The molecule has 0 saturated carbocycles. The van der Waals surface area contributed by atoms with E-state index in [-0.39, 0.29) is 6.03 Å². The van der Waals surface area contributed by atoms with Crippen molar-refractivity contribution in [2.45, 2.75) is 6.92 Å². The molecule has 1 aliphatic heterocycles. The van der Waals surface area contributed by atoms with Crippen LogP contribution in [0.5, 0.6) is 0 Å². The number of rotatable bonds is 2. The van der Waals surface area contributed by atoms with Crippen molar-refractivity contribution in [2.75, 3.05) is 36.4 Å². The molecule has 0 aliphatic carbocycles. The molecule has 26 heavy (non-hydrogen) atoms.